The highest BCUT2D eigenvalue weighted by atomic mass is 35.5. The first-order valence-corrected chi connectivity index (χ1v) is 12.4. The predicted molar refractivity (Wildman–Crippen MR) is 138 cm³/mol. The molecule has 0 atom stereocenters. The van der Waals surface area contributed by atoms with Crippen molar-refractivity contribution in [3.8, 4) is 34.2 Å². The molecule has 1 aliphatic heterocycles. The van der Waals surface area contributed by atoms with Gasteiger partial charge >= 0.3 is 0 Å². The molecule has 3 heterocycles. The molecule has 0 bridgehead atoms. The molecule has 1 aliphatic carbocycles. The standard InChI is InChI=1S/C26H23ClFN7O2/c1-34-25(23-16(10-29)21(37-14-3-4-14)9-18(27)24(23)28)17(12-31-34)13-7-15-19(11-30)32-33-26(36)22(15)20(8-13)35-5-2-6-35/h7-9,12,14H,2-6,11,30H2,1H3,(H,33,36). The molecule has 2 aromatic heterocycles. The number of nitrogens with two attached hydrogens (primary N) is 1. The molecule has 0 amide bonds. The summed E-state index contributed by atoms with van der Waals surface area (Å²) in [5, 5.41) is 22.1. The number of aryl methyl sites for hydroxylation is 1. The fraction of sp³-hybridized carbons (Fsp3) is 0.308. The number of nitrogens with zero attached hydrogens (tertiary/aromatic N) is 5. The van der Waals surface area contributed by atoms with Crippen molar-refractivity contribution in [2.75, 3.05) is 18.0 Å². The summed E-state index contributed by atoms with van der Waals surface area (Å²) in [5.41, 5.74) is 8.66. The number of aromatic amines is 1. The minimum Gasteiger partial charge on any atom is -0.489 e. The fourth-order valence-corrected chi connectivity index (χ4v) is 4.98. The highest BCUT2D eigenvalue weighted by Crippen LogP contribution is 2.44. The number of H-pyrrole nitrogens is 1. The quantitative estimate of drug-likeness (QED) is 0.396. The molecule has 6 rings (SSSR count). The summed E-state index contributed by atoms with van der Waals surface area (Å²) in [6.07, 6.45) is 4.37. The summed E-state index contributed by atoms with van der Waals surface area (Å²) in [6.45, 7) is 1.74. The first-order valence-electron chi connectivity index (χ1n) is 12.0. The zero-order valence-electron chi connectivity index (χ0n) is 20.0. The fourth-order valence-electron chi connectivity index (χ4n) is 4.79. The van der Waals surface area contributed by atoms with E-state index in [1.54, 1.807) is 13.2 Å². The number of fused-ring (bicyclic) bond motifs is 1. The van der Waals surface area contributed by atoms with Crippen LogP contribution in [0.1, 0.15) is 30.5 Å². The molecule has 37 heavy (non-hydrogen) atoms. The van der Waals surface area contributed by atoms with Crippen molar-refractivity contribution < 1.29 is 9.13 Å². The average molecular weight is 520 g/mol. The van der Waals surface area contributed by atoms with Crippen molar-refractivity contribution >= 4 is 28.1 Å². The van der Waals surface area contributed by atoms with Crippen LogP contribution < -0.4 is 20.9 Å². The lowest BCUT2D eigenvalue weighted by atomic mass is 9.94. The number of anilines is 1. The summed E-state index contributed by atoms with van der Waals surface area (Å²) in [5.74, 6) is -0.477. The van der Waals surface area contributed by atoms with E-state index in [-0.39, 0.29) is 40.1 Å². The molecule has 11 heteroatoms. The number of halogens is 2. The van der Waals surface area contributed by atoms with Gasteiger partial charge in [0.25, 0.3) is 5.56 Å². The van der Waals surface area contributed by atoms with Crippen LogP contribution in [0, 0.1) is 17.1 Å². The third-order valence-electron chi connectivity index (χ3n) is 6.94. The molecular formula is C26H23ClFN7O2. The number of nitriles is 1. The summed E-state index contributed by atoms with van der Waals surface area (Å²) < 4.78 is 23.1. The van der Waals surface area contributed by atoms with Crippen LogP contribution >= 0.6 is 11.6 Å². The Morgan fingerprint density at radius 3 is 2.76 bits per heavy atom. The van der Waals surface area contributed by atoms with Gasteiger partial charge in [0.2, 0.25) is 0 Å². The Morgan fingerprint density at radius 2 is 2.11 bits per heavy atom. The normalized spacial score (nSPS) is 15.1. The predicted octanol–water partition coefficient (Wildman–Crippen LogP) is 3.86. The molecule has 2 aliphatic rings. The molecule has 1 saturated carbocycles. The Bertz CT molecular complexity index is 1660. The first-order chi connectivity index (χ1) is 17.9. The minimum absolute atomic E-state index is 0.00710. The van der Waals surface area contributed by atoms with Gasteiger partial charge in [-0.1, -0.05) is 11.6 Å². The zero-order valence-corrected chi connectivity index (χ0v) is 20.8. The molecule has 4 aromatic rings. The molecule has 3 N–H and O–H groups in total. The highest BCUT2D eigenvalue weighted by molar-refractivity contribution is 6.31. The number of aromatic nitrogens is 4. The van der Waals surface area contributed by atoms with Crippen LogP contribution in [0.5, 0.6) is 5.75 Å². The van der Waals surface area contributed by atoms with Gasteiger partial charge in [0.05, 0.1) is 45.3 Å². The van der Waals surface area contributed by atoms with Crippen LogP contribution in [0.4, 0.5) is 10.1 Å². The number of benzene rings is 2. The molecule has 0 radical (unpaired) electrons. The van der Waals surface area contributed by atoms with E-state index in [2.05, 4.69) is 26.3 Å². The smallest absolute Gasteiger partial charge is 0.274 e. The van der Waals surface area contributed by atoms with Crippen molar-refractivity contribution in [2.45, 2.75) is 31.9 Å². The van der Waals surface area contributed by atoms with E-state index >= 15 is 4.39 Å². The summed E-state index contributed by atoms with van der Waals surface area (Å²) in [4.78, 5) is 14.9. The van der Waals surface area contributed by atoms with Gasteiger partial charge in [-0.15, -0.1) is 0 Å². The Balaban J connectivity index is 1.63. The highest BCUT2D eigenvalue weighted by Gasteiger charge is 2.30. The van der Waals surface area contributed by atoms with Crippen molar-refractivity contribution in [3.63, 3.8) is 0 Å². The molecule has 0 spiro atoms. The topological polar surface area (TPSA) is 126 Å². The van der Waals surface area contributed by atoms with E-state index in [0.717, 1.165) is 38.0 Å². The maximum absolute atomic E-state index is 15.7. The minimum atomic E-state index is -0.726. The summed E-state index contributed by atoms with van der Waals surface area (Å²) in [7, 11) is 1.68. The molecule has 9 nitrogen and oxygen atoms in total. The van der Waals surface area contributed by atoms with Crippen LogP contribution in [0.2, 0.25) is 5.02 Å². The van der Waals surface area contributed by atoms with Crippen LogP contribution in [0.15, 0.2) is 29.2 Å². The molecular weight excluding hydrogens is 497 g/mol. The Hall–Kier alpha value is -3.94. The Kier molecular flexibility index (Phi) is 5.62. The van der Waals surface area contributed by atoms with E-state index in [9.17, 15) is 10.1 Å². The van der Waals surface area contributed by atoms with Gasteiger partial charge in [0.1, 0.15) is 17.4 Å². The third-order valence-corrected chi connectivity index (χ3v) is 7.21. The molecule has 2 aromatic carbocycles. The van der Waals surface area contributed by atoms with E-state index < -0.39 is 5.82 Å². The number of hydrogen-bond donors (Lipinski definition) is 2. The maximum Gasteiger partial charge on any atom is 0.274 e. The van der Waals surface area contributed by atoms with Gasteiger partial charge in [-0.2, -0.15) is 15.5 Å². The Labute approximate surface area is 216 Å². The molecule has 0 unspecified atom stereocenters. The van der Waals surface area contributed by atoms with Gasteiger partial charge in [0.15, 0.2) is 5.82 Å². The lowest BCUT2D eigenvalue weighted by Crippen LogP contribution is -2.37. The first kappa shape index (κ1) is 23.5. The maximum atomic E-state index is 15.7. The number of ether oxygens (including phenoxy) is 1. The summed E-state index contributed by atoms with van der Waals surface area (Å²) in [6, 6.07) is 7.19. The lowest BCUT2D eigenvalue weighted by molar-refractivity contribution is 0.302. The zero-order chi connectivity index (χ0) is 25.8. The van der Waals surface area contributed by atoms with Crippen LogP contribution in [0.25, 0.3) is 33.2 Å². The molecule has 188 valence electrons. The average Bonchev–Trinajstić information content (AvgIpc) is 3.59. The Morgan fingerprint density at radius 1 is 1.32 bits per heavy atom. The number of rotatable bonds is 6. The largest absolute Gasteiger partial charge is 0.489 e. The van der Waals surface area contributed by atoms with Gasteiger partial charge < -0.3 is 15.4 Å². The second-order valence-corrected chi connectivity index (χ2v) is 9.75. The monoisotopic (exact) mass is 519 g/mol. The van der Waals surface area contributed by atoms with Gasteiger partial charge in [-0.3, -0.25) is 9.48 Å². The second kappa shape index (κ2) is 8.87. The van der Waals surface area contributed by atoms with Crippen molar-refractivity contribution in [1.82, 2.24) is 20.0 Å². The van der Waals surface area contributed by atoms with Crippen LogP contribution in [-0.2, 0) is 13.6 Å². The third kappa shape index (κ3) is 3.82. The van der Waals surface area contributed by atoms with Gasteiger partial charge in [0, 0.05) is 43.7 Å². The van der Waals surface area contributed by atoms with Gasteiger partial charge in [-0.25, -0.2) is 9.49 Å². The second-order valence-electron chi connectivity index (χ2n) is 9.34. The number of hydrogen-bond acceptors (Lipinski definition) is 7. The lowest BCUT2D eigenvalue weighted by Gasteiger charge is -2.34. The van der Waals surface area contributed by atoms with Crippen molar-refractivity contribution in [3.05, 3.63) is 56.8 Å². The van der Waals surface area contributed by atoms with Crippen LogP contribution in [0.3, 0.4) is 0 Å². The SMILES string of the molecule is Cn1ncc(-c2cc(N3CCC3)c3c(=O)[nH]nc(CN)c3c2)c1-c1c(F)c(Cl)cc(OC2CC2)c1C#N. The van der Waals surface area contributed by atoms with E-state index in [1.165, 1.54) is 10.7 Å². The van der Waals surface area contributed by atoms with E-state index in [0.29, 0.717) is 33.3 Å². The van der Waals surface area contributed by atoms with Gasteiger partial charge in [-0.05, 0) is 37.0 Å². The number of nitrogens with one attached hydrogen (secondary N) is 1. The molecule has 2 fully saturated rings. The van der Waals surface area contributed by atoms with E-state index in [4.69, 9.17) is 22.1 Å². The van der Waals surface area contributed by atoms with Crippen molar-refractivity contribution in [1.29, 1.82) is 5.26 Å². The van der Waals surface area contributed by atoms with Crippen LogP contribution in [-0.4, -0.2) is 39.2 Å². The summed E-state index contributed by atoms with van der Waals surface area (Å²) >= 11 is 6.29. The molecule has 1 saturated heterocycles. The van der Waals surface area contributed by atoms with Crippen molar-refractivity contribution in [2.24, 2.45) is 12.8 Å². The van der Waals surface area contributed by atoms with E-state index in [1.807, 2.05) is 12.1 Å².